The summed E-state index contributed by atoms with van der Waals surface area (Å²) in [6.45, 7) is 3.19. The molecule has 0 aliphatic heterocycles. The predicted octanol–water partition coefficient (Wildman–Crippen LogP) is 4.04. The van der Waals surface area contributed by atoms with Gasteiger partial charge in [-0.2, -0.15) is 0 Å². The highest BCUT2D eigenvalue weighted by Gasteiger charge is 2.14. The fraction of sp³-hybridized carbons (Fsp3) is 0.286. The SMILES string of the molecule is Cc1ccsc1C(CN)OCc1cccc(Br)c1. The van der Waals surface area contributed by atoms with Crippen LogP contribution < -0.4 is 5.73 Å². The first kappa shape index (κ1) is 13.7. The molecule has 96 valence electrons. The molecule has 0 saturated carbocycles. The predicted molar refractivity (Wildman–Crippen MR) is 79.8 cm³/mol. The first-order valence-electron chi connectivity index (χ1n) is 5.81. The zero-order valence-electron chi connectivity index (χ0n) is 10.2. The molecule has 1 heterocycles. The highest BCUT2D eigenvalue weighted by Crippen LogP contribution is 2.27. The maximum atomic E-state index is 5.92. The molecule has 2 rings (SSSR count). The van der Waals surface area contributed by atoms with Crippen LogP contribution in [0.25, 0.3) is 0 Å². The van der Waals surface area contributed by atoms with Crippen LogP contribution in [-0.2, 0) is 11.3 Å². The Morgan fingerprint density at radius 3 is 2.83 bits per heavy atom. The number of hydrogen-bond donors (Lipinski definition) is 1. The number of ether oxygens (including phenoxy) is 1. The second-order valence-electron chi connectivity index (χ2n) is 4.13. The smallest absolute Gasteiger partial charge is 0.105 e. The first-order valence-corrected chi connectivity index (χ1v) is 7.48. The van der Waals surface area contributed by atoms with Gasteiger partial charge in [0.25, 0.3) is 0 Å². The van der Waals surface area contributed by atoms with E-state index >= 15 is 0 Å². The molecule has 1 aromatic heterocycles. The zero-order valence-corrected chi connectivity index (χ0v) is 12.6. The van der Waals surface area contributed by atoms with Gasteiger partial charge in [0, 0.05) is 15.9 Å². The van der Waals surface area contributed by atoms with Crippen molar-refractivity contribution in [3.05, 3.63) is 56.2 Å². The molecule has 2 N–H and O–H groups in total. The molecule has 0 bridgehead atoms. The van der Waals surface area contributed by atoms with E-state index in [2.05, 4.69) is 46.4 Å². The Labute approximate surface area is 120 Å². The molecule has 2 nitrogen and oxygen atoms in total. The lowest BCUT2D eigenvalue weighted by atomic mass is 10.2. The van der Waals surface area contributed by atoms with Gasteiger partial charge in [0.15, 0.2) is 0 Å². The van der Waals surface area contributed by atoms with Gasteiger partial charge in [-0.1, -0.05) is 28.1 Å². The molecule has 0 radical (unpaired) electrons. The van der Waals surface area contributed by atoms with Crippen LogP contribution in [0.5, 0.6) is 0 Å². The molecule has 0 aliphatic rings. The van der Waals surface area contributed by atoms with Crippen LogP contribution in [0.15, 0.2) is 40.2 Å². The number of rotatable bonds is 5. The summed E-state index contributed by atoms with van der Waals surface area (Å²) in [4.78, 5) is 1.23. The van der Waals surface area contributed by atoms with E-state index in [0.29, 0.717) is 13.2 Å². The van der Waals surface area contributed by atoms with E-state index in [1.165, 1.54) is 10.4 Å². The van der Waals surface area contributed by atoms with Crippen LogP contribution in [0, 0.1) is 6.92 Å². The summed E-state index contributed by atoms with van der Waals surface area (Å²) in [6.07, 6.45) is -0.0102. The van der Waals surface area contributed by atoms with Gasteiger partial charge in [-0.25, -0.2) is 0 Å². The molecule has 4 heteroatoms. The van der Waals surface area contributed by atoms with Crippen LogP contribution in [-0.4, -0.2) is 6.54 Å². The second kappa shape index (κ2) is 6.48. The standard InChI is InChI=1S/C14H16BrNOS/c1-10-5-6-18-14(10)13(8-16)17-9-11-3-2-4-12(15)7-11/h2-7,13H,8-9,16H2,1H3. The minimum absolute atomic E-state index is 0.0102. The first-order chi connectivity index (χ1) is 8.70. The Morgan fingerprint density at radius 1 is 1.39 bits per heavy atom. The lowest BCUT2D eigenvalue weighted by Crippen LogP contribution is -2.15. The third kappa shape index (κ3) is 3.42. The van der Waals surface area contributed by atoms with E-state index in [1.807, 2.05) is 12.1 Å². The van der Waals surface area contributed by atoms with Gasteiger partial charge in [-0.3, -0.25) is 0 Å². The van der Waals surface area contributed by atoms with Gasteiger partial charge in [0.05, 0.1) is 6.61 Å². The van der Waals surface area contributed by atoms with Crippen LogP contribution in [0.2, 0.25) is 0 Å². The van der Waals surface area contributed by atoms with E-state index < -0.39 is 0 Å². The fourth-order valence-corrected chi connectivity index (χ4v) is 3.22. The summed E-state index contributed by atoms with van der Waals surface area (Å²) >= 11 is 5.16. The topological polar surface area (TPSA) is 35.2 Å². The Hall–Kier alpha value is -0.680. The van der Waals surface area contributed by atoms with Crippen LogP contribution in [0.1, 0.15) is 22.1 Å². The average Bonchev–Trinajstić information content (AvgIpc) is 2.77. The van der Waals surface area contributed by atoms with Crippen molar-refractivity contribution in [2.75, 3.05) is 6.54 Å². The maximum absolute atomic E-state index is 5.92. The van der Waals surface area contributed by atoms with Gasteiger partial charge in [-0.05, 0) is 41.6 Å². The monoisotopic (exact) mass is 325 g/mol. The summed E-state index contributed by atoms with van der Waals surface area (Å²) in [7, 11) is 0. The molecule has 1 unspecified atom stereocenters. The van der Waals surface area contributed by atoms with Crippen molar-refractivity contribution in [3.8, 4) is 0 Å². The van der Waals surface area contributed by atoms with Crippen molar-refractivity contribution in [1.82, 2.24) is 0 Å². The number of thiophene rings is 1. The Morgan fingerprint density at radius 2 is 2.22 bits per heavy atom. The van der Waals surface area contributed by atoms with Gasteiger partial charge in [-0.15, -0.1) is 11.3 Å². The van der Waals surface area contributed by atoms with E-state index in [1.54, 1.807) is 11.3 Å². The lowest BCUT2D eigenvalue weighted by Gasteiger charge is -2.16. The number of nitrogens with two attached hydrogens (primary N) is 1. The third-order valence-corrected chi connectivity index (χ3v) is 4.35. The van der Waals surface area contributed by atoms with Gasteiger partial charge < -0.3 is 10.5 Å². The molecule has 0 fully saturated rings. The average molecular weight is 326 g/mol. The lowest BCUT2D eigenvalue weighted by molar-refractivity contribution is 0.0476. The fourth-order valence-electron chi connectivity index (χ4n) is 1.79. The van der Waals surface area contributed by atoms with Gasteiger partial charge >= 0.3 is 0 Å². The number of aryl methyl sites for hydroxylation is 1. The molecule has 1 aromatic carbocycles. The van der Waals surface area contributed by atoms with Crippen LogP contribution in [0.4, 0.5) is 0 Å². The second-order valence-corrected chi connectivity index (χ2v) is 6.00. The highest BCUT2D eigenvalue weighted by molar-refractivity contribution is 9.10. The molecule has 2 aromatic rings. The van der Waals surface area contributed by atoms with E-state index in [-0.39, 0.29) is 6.10 Å². The maximum Gasteiger partial charge on any atom is 0.105 e. The zero-order chi connectivity index (χ0) is 13.0. The Balaban J connectivity index is 2.02. The summed E-state index contributed by atoms with van der Waals surface area (Å²) in [6, 6.07) is 10.2. The highest BCUT2D eigenvalue weighted by atomic mass is 79.9. The summed E-state index contributed by atoms with van der Waals surface area (Å²) in [5.74, 6) is 0. The molecule has 0 spiro atoms. The molecule has 0 amide bonds. The summed E-state index contributed by atoms with van der Waals surface area (Å²) in [5, 5.41) is 2.08. The van der Waals surface area contributed by atoms with E-state index in [0.717, 1.165) is 10.0 Å². The molecule has 0 aliphatic carbocycles. The Kier molecular flexibility index (Phi) is 4.95. The number of halogens is 1. The summed E-state index contributed by atoms with van der Waals surface area (Å²) in [5.41, 5.74) is 8.20. The normalized spacial score (nSPS) is 12.6. The molecular formula is C14H16BrNOS. The summed E-state index contributed by atoms with van der Waals surface area (Å²) < 4.78 is 6.99. The minimum atomic E-state index is -0.0102. The van der Waals surface area contributed by atoms with Crippen molar-refractivity contribution in [2.45, 2.75) is 19.6 Å². The molecule has 1 atom stereocenters. The van der Waals surface area contributed by atoms with Crippen molar-refractivity contribution in [1.29, 1.82) is 0 Å². The number of hydrogen-bond acceptors (Lipinski definition) is 3. The van der Waals surface area contributed by atoms with E-state index in [9.17, 15) is 0 Å². The van der Waals surface area contributed by atoms with Gasteiger partial charge in [0.2, 0.25) is 0 Å². The largest absolute Gasteiger partial charge is 0.367 e. The molecular weight excluding hydrogens is 310 g/mol. The van der Waals surface area contributed by atoms with Crippen LogP contribution in [0.3, 0.4) is 0 Å². The third-order valence-electron chi connectivity index (χ3n) is 2.75. The van der Waals surface area contributed by atoms with Gasteiger partial charge in [0.1, 0.15) is 6.10 Å². The van der Waals surface area contributed by atoms with Crippen molar-refractivity contribution < 1.29 is 4.74 Å². The quantitative estimate of drug-likeness (QED) is 0.900. The Bertz CT molecular complexity index is 512. The van der Waals surface area contributed by atoms with E-state index in [4.69, 9.17) is 10.5 Å². The molecule has 18 heavy (non-hydrogen) atoms. The number of benzene rings is 1. The van der Waals surface area contributed by atoms with Crippen molar-refractivity contribution in [2.24, 2.45) is 5.73 Å². The minimum Gasteiger partial charge on any atom is -0.367 e. The van der Waals surface area contributed by atoms with Crippen LogP contribution >= 0.6 is 27.3 Å². The van der Waals surface area contributed by atoms with Crippen molar-refractivity contribution >= 4 is 27.3 Å². The molecule has 0 saturated heterocycles. The van der Waals surface area contributed by atoms with Crippen molar-refractivity contribution in [3.63, 3.8) is 0 Å².